The van der Waals surface area contributed by atoms with Crippen LogP contribution in [0.4, 0.5) is 0 Å². The molecule has 2 heterocycles. The SMILES string of the molecule is C/C=C(\C=NC)c1ccc2c(n1)CC=C2c1ccc2c(c1)C(C)(C)CNC2=O.CC.[HH].[HH]. The average Bonchev–Trinajstić information content (AvgIpc) is 3.19. The zero-order valence-corrected chi connectivity index (χ0v) is 18.8. The van der Waals surface area contributed by atoms with Gasteiger partial charge in [0.1, 0.15) is 0 Å². The van der Waals surface area contributed by atoms with Gasteiger partial charge in [-0.2, -0.15) is 0 Å². The van der Waals surface area contributed by atoms with Crippen LogP contribution in [-0.2, 0) is 11.8 Å². The van der Waals surface area contributed by atoms with E-state index in [1.807, 2.05) is 39.1 Å². The molecule has 1 N–H and O–H groups in total. The lowest BCUT2D eigenvalue weighted by molar-refractivity contribution is 0.0930. The molecule has 0 atom stereocenters. The predicted octanol–water partition coefficient (Wildman–Crippen LogP) is 5.71. The van der Waals surface area contributed by atoms with Crippen molar-refractivity contribution in [1.82, 2.24) is 10.3 Å². The Balaban J connectivity index is 0.00000125. The van der Waals surface area contributed by atoms with Gasteiger partial charge in [-0.3, -0.25) is 14.8 Å². The van der Waals surface area contributed by atoms with Crippen molar-refractivity contribution < 1.29 is 7.65 Å². The van der Waals surface area contributed by atoms with E-state index in [-0.39, 0.29) is 14.2 Å². The first-order chi connectivity index (χ1) is 14.4. The van der Waals surface area contributed by atoms with Gasteiger partial charge in [0, 0.05) is 51.2 Å². The maximum Gasteiger partial charge on any atom is 0.251 e. The number of pyridine rings is 1. The maximum atomic E-state index is 12.2. The highest BCUT2D eigenvalue weighted by Gasteiger charge is 2.32. The Kier molecular flexibility index (Phi) is 6.35. The van der Waals surface area contributed by atoms with E-state index >= 15 is 0 Å². The summed E-state index contributed by atoms with van der Waals surface area (Å²) in [6, 6.07) is 10.4. The Bertz CT molecular complexity index is 1070. The molecule has 1 aliphatic carbocycles. The van der Waals surface area contributed by atoms with Crippen LogP contribution in [0.1, 0.15) is 75.9 Å². The van der Waals surface area contributed by atoms with Gasteiger partial charge >= 0.3 is 0 Å². The normalized spacial score (nSPS) is 16.9. The van der Waals surface area contributed by atoms with Crippen molar-refractivity contribution in [3.05, 3.63) is 76.1 Å². The first-order valence-electron chi connectivity index (χ1n) is 10.7. The molecule has 0 unspecified atom stereocenters. The third kappa shape index (κ3) is 3.87. The van der Waals surface area contributed by atoms with Crippen molar-refractivity contribution in [3.8, 4) is 0 Å². The standard InChI is InChI=1S/C24H25N3O.C2H6.2H2/c1-5-15(13-25-4)21-10-9-18-17(8-11-22(18)27-21)16-6-7-19-20(12-16)24(2,3)14-26-23(19)28;1-2;;/h5-10,12-13H,11,14H2,1-4H3,(H,26,28);1-2H3;2*1H/b15-5+,25-13?;;;. The second-order valence-electron chi connectivity index (χ2n) is 7.97. The van der Waals surface area contributed by atoms with Crippen LogP contribution in [0, 0.1) is 0 Å². The van der Waals surface area contributed by atoms with E-state index in [0.717, 1.165) is 40.1 Å². The highest BCUT2D eigenvalue weighted by atomic mass is 16.1. The number of allylic oxidation sites excluding steroid dienone is 3. The molecule has 0 spiro atoms. The predicted molar refractivity (Wildman–Crippen MR) is 130 cm³/mol. The average molecular weight is 406 g/mol. The molecule has 4 nitrogen and oxygen atoms in total. The molecule has 0 fully saturated rings. The van der Waals surface area contributed by atoms with E-state index in [2.05, 4.69) is 54.5 Å². The molecule has 160 valence electrons. The number of hydrogen-bond acceptors (Lipinski definition) is 3. The summed E-state index contributed by atoms with van der Waals surface area (Å²) in [5, 5.41) is 2.99. The van der Waals surface area contributed by atoms with Crippen LogP contribution in [0.25, 0.3) is 11.1 Å². The molecule has 30 heavy (non-hydrogen) atoms. The highest BCUT2D eigenvalue weighted by Crippen LogP contribution is 2.37. The van der Waals surface area contributed by atoms with E-state index in [4.69, 9.17) is 4.98 Å². The van der Waals surface area contributed by atoms with E-state index < -0.39 is 0 Å². The fourth-order valence-corrected chi connectivity index (χ4v) is 4.03. The largest absolute Gasteiger partial charge is 0.351 e. The summed E-state index contributed by atoms with van der Waals surface area (Å²) in [6.45, 7) is 11.0. The molecular weight excluding hydrogens is 370 g/mol. The molecule has 4 heteroatoms. The number of fused-ring (bicyclic) bond motifs is 2. The number of carbonyl (C=O) groups is 1. The van der Waals surface area contributed by atoms with Crippen molar-refractivity contribution in [2.24, 2.45) is 4.99 Å². The second-order valence-corrected chi connectivity index (χ2v) is 7.97. The Morgan fingerprint density at radius 3 is 2.63 bits per heavy atom. The fraction of sp³-hybridized carbons (Fsp3) is 0.346. The lowest BCUT2D eigenvalue weighted by Crippen LogP contribution is -2.43. The van der Waals surface area contributed by atoms with Gasteiger partial charge in [-0.05, 0) is 41.8 Å². The highest BCUT2D eigenvalue weighted by molar-refractivity contribution is 6.09. The number of carbonyl (C=O) groups excluding carboxylic acids is 1. The minimum atomic E-state index is -0.0797. The van der Waals surface area contributed by atoms with Crippen LogP contribution in [0.2, 0.25) is 0 Å². The number of amides is 1. The van der Waals surface area contributed by atoms with Crippen molar-refractivity contribution in [2.75, 3.05) is 13.6 Å². The quantitative estimate of drug-likeness (QED) is 0.665. The molecule has 1 aromatic carbocycles. The van der Waals surface area contributed by atoms with Crippen molar-refractivity contribution in [1.29, 1.82) is 0 Å². The summed E-state index contributed by atoms with van der Waals surface area (Å²) in [6.07, 6.45) is 6.93. The lowest BCUT2D eigenvalue weighted by Gasteiger charge is -2.33. The summed E-state index contributed by atoms with van der Waals surface area (Å²) in [7, 11) is 1.77. The molecule has 0 saturated carbocycles. The van der Waals surface area contributed by atoms with Gasteiger partial charge in [-0.15, -0.1) is 0 Å². The van der Waals surface area contributed by atoms with Crippen molar-refractivity contribution in [2.45, 2.75) is 46.5 Å². The topological polar surface area (TPSA) is 54.4 Å². The zero-order chi connectivity index (χ0) is 21.9. The van der Waals surface area contributed by atoms with Gasteiger partial charge in [0.25, 0.3) is 5.91 Å². The first kappa shape index (κ1) is 21.7. The summed E-state index contributed by atoms with van der Waals surface area (Å²) < 4.78 is 0. The number of rotatable bonds is 3. The van der Waals surface area contributed by atoms with Gasteiger partial charge in [-0.25, -0.2) is 0 Å². The van der Waals surface area contributed by atoms with Gasteiger partial charge in [-0.1, -0.05) is 52.0 Å². The summed E-state index contributed by atoms with van der Waals surface area (Å²) in [5.74, 6) is 0.0180. The Hall–Kier alpha value is -3.01. The summed E-state index contributed by atoms with van der Waals surface area (Å²) in [4.78, 5) is 21.2. The van der Waals surface area contributed by atoms with Crippen LogP contribution in [-0.4, -0.2) is 30.7 Å². The van der Waals surface area contributed by atoms with E-state index in [0.29, 0.717) is 6.54 Å². The summed E-state index contributed by atoms with van der Waals surface area (Å²) >= 11 is 0. The van der Waals surface area contributed by atoms with Crippen LogP contribution in [0.3, 0.4) is 0 Å². The molecule has 1 aromatic heterocycles. The zero-order valence-electron chi connectivity index (χ0n) is 18.8. The molecule has 2 aliphatic rings. The number of hydrogen-bond donors (Lipinski definition) is 1. The van der Waals surface area contributed by atoms with Crippen molar-refractivity contribution >= 4 is 23.3 Å². The fourth-order valence-electron chi connectivity index (χ4n) is 4.03. The number of aliphatic imine (C=N–C) groups is 1. The molecule has 4 rings (SSSR count). The monoisotopic (exact) mass is 405 g/mol. The Morgan fingerprint density at radius 2 is 1.93 bits per heavy atom. The minimum absolute atomic E-state index is 0. The molecule has 0 radical (unpaired) electrons. The molecule has 1 aliphatic heterocycles. The van der Waals surface area contributed by atoms with Gasteiger partial charge in [0.05, 0.1) is 11.4 Å². The lowest BCUT2D eigenvalue weighted by atomic mass is 9.77. The smallest absolute Gasteiger partial charge is 0.251 e. The third-order valence-corrected chi connectivity index (χ3v) is 5.63. The van der Waals surface area contributed by atoms with Crippen LogP contribution >= 0.6 is 0 Å². The third-order valence-electron chi connectivity index (χ3n) is 5.63. The number of nitrogens with zero attached hydrogens (tertiary/aromatic N) is 2. The Labute approximate surface area is 182 Å². The van der Waals surface area contributed by atoms with Crippen LogP contribution in [0.15, 0.2) is 47.5 Å². The van der Waals surface area contributed by atoms with Crippen LogP contribution in [0.5, 0.6) is 0 Å². The Morgan fingerprint density at radius 1 is 1.20 bits per heavy atom. The number of aromatic nitrogens is 1. The van der Waals surface area contributed by atoms with E-state index in [1.54, 1.807) is 7.05 Å². The van der Waals surface area contributed by atoms with E-state index in [9.17, 15) is 4.79 Å². The molecule has 0 bridgehead atoms. The number of benzene rings is 1. The van der Waals surface area contributed by atoms with Gasteiger partial charge in [0.2, 0.25) is 0 Å². The molecule has 0 saturated heterocycles. The minimum Gasteiger partial charge on any atom is -0.351 e. The summed E-state index contributed by atoms with van der Waals surface area (Å²) in [5.41, 5.74) is 8.40. The van der Waals surface area contributed by atoms with Crippen LogP contribution < -0.4 is 5.32 Å². The van der Waals surface area contributed by atoms with Gasteiger partial charge < -0.3 is 5.32 Å². The second kappa shape index (κ2) is 8.78. The van der Waals surface area contributed by atoms with E-state index in [1.165, 1.54) is 11.1 Å². The maximum absolute atomic E-state index is 12.2. The van der Waals surface area contributed by atoms with Gasteiger partial charge in [0.15, 0.2) is 0 Å². The molecule has 1 amide bonds. The number of nitrogens with one attached hydrogen (secondary N) is 1. The molecular formula is C26H35N3O. The van der Waals surface area contributed by atoms with Crippen molar-refractivity contribution in [3.63, 3.8) is 0 Å². The molecule has 2 aromatic rings. The first-order valence-corrected chi connectivity index (χ1v) is 10.7.